The normalized spacial score (nSPS) is 16.2. The number of aromatic nitrogens is 5. The largest absolute Gasteiger partial charge is 0.250 e. The van der Waals surface area contributed by atoms with Crippen molar-refractivity contribution in [2.75, 3.05) is 6.67 Å². The summed E-state index contributed by atoms with van der Waals surface area (Å²) in [5.74, 6) is 0.683. The van der Waals surface area contributed by atoms with E-state index in [0.29, 0.717) is 34.2 Å². The van der Waals surface area contributed by atoms with Crippen molar-refractivity contribution in [3.05, 3.63) is 46.4 Å². The van der Waals surface area contributed by atoms with Crippen LogP contribution in [0.25, 0.3) is 11.2 Å². The van der Waals surface area contributed by atoms with Crippen LogP contribution in [-0.2, 0) is 17.4 Å². The van der Waals surface area contributed by atoms with E-state index in [4.69, 9.17) is 21.6 Å². The number of hydrogen-bond donors (Lipinski definition) is 0. The van der Waals surface area contributed by atoms with Crippen molar-refractivity contribution in [1.29, 1.82) is 0 Å². The number of fused-ring (bicyclic) bond motifs is 1. The van der Waals surface area contributed by atoms with Crippen molar-refractivity contribution in [2.24, 2.45) is 0 Å². The lowest BCUT2D eigenvalue weighted by Crippen LogP contribution is -2.21. The van der Waals surface area contributed by atoms with E-state index >= 15 is 0 Å². The average molecular weight is 374 g/mol. The Bertz CT molecular complexity index is 972. The summed E-state index contributed by atoms with van der Waals surface area (Å²) in [5, 5.41) is 9.24. The molecule has 26 heavy (non-hydrogen) atoms. The Kier molecular flexibility index (Phi) is 3.99. The molecule has 3 aromatic rings. The summed E-state index contributed by atoms with van der Waals surface area (Å²) in [6, 6.07) is 7.62. The number of nitrogens with zero attached hydrogens (tertiary/aromatic N) is 5. The van der Waals surface area contributed by atoms with Crippen molar-refractivity contribution >= 4 is 22.8 Å². The SMILES string of the molecule is CC(C)(C)c1nc(C2(CF)CC2)c2nnn(Cc3ccccc3Cl)c2n1. The van der Waals surface area contributed by atoms with Crippen LogP contribution in [0.15, 0.2) is 24.3 Å². The Morgan fingerprint density at radius 1 is 1.19 bits per heavy atom. The van der Waals surface area contributed by atoms with Gasteiger partial charge in [0.1, 0.15) is 12.5 Å². The molecule has 2 aromatic heterocycles. The van der Waals surface area contributed by atoms with Crippen LogP contribution in [0.3, 0.4) is 0 Å². The van der Waals surface area contributed by atoms with Crippen LogP contribution in [-0.4, -0.2) is 31.6 Å². The summed E-state index contributed by atoms with van der Waals surface area (Å²) in [7, 11) is 0. The molecule has 0 unspecified atom stereocenters. The molecule has 0 saturated heterocycles. The van der Waals surface area contributed by atoms with E-state index in [2.05, 4.69) is 31.1 Å². The lowest BCUT2D eigenvalue weighted by Gasteiger charge is -2.19. The smallest absolute Gasteiger partial charge is 0.182 e. The standard InChI is InChI=1S/C19H21ClFN5/c1-18(2,3)17-22-15(19(11-21)8-9-19)14-16(23-17)26(25-24-14)10-12-6-4-5-7-13(12)20/h4-7H,8-11H2,1-3H3. The van der Waals surface area contributed by atoms with Crippen LogP contribution in [0, 0.1) is 0 Å². The van der Waals surface area contributed by atoms with E-state index in [-0.39, 0.29) is 5.41 Å². The molecular weight excluding hydrogens is 353 g/mol. The summed E-state index contributed by atoms with van der Waals surface area (Å²) < 4.78 is 15.5. The van der Waals surface area contributed by atoms with Crippen molar-refractivity contribution in [2.45, 2.75) is 51.0 Å². The molecule has 0 radical (unpaired) electrons. The fourth-order valence-electron chi connectivity index (χ4n) is 3.04. The van der Waals surface area contributed by atoms with E-state index in [0.717, 1.165) is 18.4 Å². The first-order valence-electron chi connectivity index (χ1n) is 8.76. The van der Waals surface area contributed by atoms with Crippen LogP contribution in [0.4, 0.5) is 4.39 Å². The Labute approximate surface area is 156 Å². The van der Waals surface area contributed by atoms with E-state index < -0.39 is 12.1 Å². The second-order valence-electron chi connectivity index (χ2n) is 8.07. The molecule has 1 aliphatic rings. The van der Waals surface area contributed by atoms with Crippen molar-refractivity contribution in [3.8, 4) is 0 Å². The van der Waals surface area contributed by atoms with Crippen LogP contribution in [0.2, 0.25) is 5.02 Å². The Morgan fingerprint density at radius 3 is 2.54 bits per heavy atom. The van der Waals surface area contributed by atoms with Gasteiger partial charge in [0.15, 0.2) is 11.2 Å². The topological polar surface area (TPSA) is 56.5 Å². The fraction of sp³-hybridized carbons (Fsp3) is 0.474. The van der Waals surface area contributed by atoms with Gasteiger partial charge in [0.25, 0.3) is 0 Å². The van der Waals surface area contributed by atoms with Crippen LogP contribution in [0.5, 0.6) is 0 Å². The highest BCUT2D eigenvalue weighted by atomic mass is 35.5. The minimum atomic E-state index is -0.521. The molecule has 0 aliphatic heterocycles. The van der Waals surface area contributed by atoms with Gasteiger partial charge in [-0.2, -0.15) is 0 Å². The maximum atomic E-state index is 13.7. The molecule has 1 aliphatic carbocycles. The molecule has 0 N–H and O–H groups in total. The highest BCUT2D eigenvalue weighted by molar-refractivity contribution is 6.31. The molecule has 136 valence electrons. The molecule has 0 amide bonds. The second-order valence-corrected chi connectivity index (χ2v) is 8.48. The average Bonchev–Trinajstić information content (AvgIpc) is 3.30. The molecule has 4 rings (SSSR count). The first-order valence-corrected chi connectivity index (χ1v) is 9.13. The molecular formula is C19H21ClFN5. The Balaban J connectivity index is 1.89. The molecule has 0 bridgehead atoms. The molecule has 1 aromatic carbocycles. The zero-order valence-electron chi connectivity index (χ0n) is 15.1. The molecule has 1 saturated carbocycles. The monoisotopic (exact) mass is 373 g/mol. The van der Waals surface area contributed by atoms with Gasteiger partial charge in [-0.1, -0.05) is 55.8 Å². The van der Waals surface area contributed by atoms with Gasteiger partial charge < -0.3 is 0 Å². The van der Waals surface area contributed by atoms with Crippen LogP contribution in [0.1, 0.15) is 50.7 Å². The zero-order valence-corrected chi connectivity index (χ0v) is 15.9. The van der Waals surface area contributed by atoms with Crippen LogP contribution >= 0.6 is 11.6 Å². The number of alkyl halides is 1. The predicted molar refractivity (Wildman–Crippen MR) is 99.3 cm³/mol. The quantitative estimate of drug-likeness (QED) is 0.687. The van der Waals surface area contributed by atoms with E-state index in [1.54, 1.807) is 4.68 Å². The van der Waals surface area contributed by atoms with Crippen molar-refractivity contribution in [3.63, 3.8) is 0 Å². The third-order valence-electron chi connectivity index (χ3n) is 4.92. The third kappa shape index (κ3) is 2.86. The highest BCUT2D eigenvalue weighted by Crippen LogP contribution is 2.49. The Hall–Kier alpha value is -2.08. The lowest BCUT2D eigenvalue weighted by atomic mass is 9.94. The molecule has 5 nitrogen and oxygen atoms in total. The third-order valence-corrected chi connectivity index (χ3v) is 5.29. The molecule has 0 spiro atoms. The van der Waals surface area contributed by atoms with Crippen LogP contribution < -0.4 is 0 Å². The summed E-state index contributed by atoms with van der Waals surface area (Å²) >= 11 is 6.29. The van der Waals surface area contributed by atoms with Gasteiger partial charge in [-0.15, -0.1) is 5.10 Å². The lowest BCUT2D eigenvalue weighted by molar-refractivity contribution is 0.410. The molecule has 0 atom stereocenters. The van der Waals surface area contributed by atoms with Gasteiger partial charge in [-0.3, -0.25) is 4.39 Å². The van der Waals surface area contributed by atoms with Gasteiger partial charge in [-0.25, -0.2) is 14.6 Å². The predicted octanol–water partition coefficient (Wildman–Crippen LogP) is 4.22. The number of benzene rings is 1. The van der Waals surface area contributed by atoms with Crippen molar-refractivity contribution < 1.29 is 4.39 Å². The van der Waals surface area contributed by atoms with E-state index in [1.165, 1.54) is 0 Å². The van der Waals surface area contributed by atoms with Gasteiger partial charge in [0.05, 0.1) is 12.2 Å². The minimum absolute atomic E-state index is 0.255. The maximum Gasteiger partial charge on any atom is 0.182 e. The number of rotatable bonds is 4. The number of halogens is 2. The highest BCUT2D eigenvalue weighted by Gasteiger charge is 2.48. The van der Waals surface area contributed by atoms with E-state index in [1.807, 2.05) is 24.3 Å². The molecule has 7 heteroatoms. The summed E-state index contributed by atoms with van der Waals surface area (Å²) in [4.78, 5) is 9.45. The van der Waals surface area contributed by atoms with E-state index in [9.17, 15) is 4.39 Å². The fourth-order valence-corrected chi connectivity index (χ4v) is 3.24. The van der Waals surface area contributed by atoms with Gasteiger partial charge in [0, 0.05) is 15.9 Å². The Morgan fingerprint density at radius 2 is 1.92 bits per heavy atom. The maximum absolute atomic E-state index is 13.7. The first-order chi connectivity index (χ1) is 12.3. The summed E-state index contributed by atoms with van der Waals surface area (Å²) in [6.07, 6.45) is 1.58. The summed E-state index contributed by atoms with van der Waals surface area (Å²) in [6.45, 7) is 6.18. The van der Waals surface area contributed by atoms with Gasteiger partial charge in [-0.05, 0) is 24.5 Å². The van der Waals surface area contributed by atoms with Crippen molar-refractivity contribution in [1.82, 2.24) is 25.0 Å². The first kappa shape index (κ1) is 17.3. The van der Waals surface area contributed by atoms with Gasteiger partial charge >= 0.3 is 0 Å². The molecule has 2 heterocycles. The summed E-state index contributed by atoms with van der Waals surface area (Å²) in [5.41, 5.74) is 2.09. The number of hydrogen-bond acceptors (Lipinski definition) is 4. The van der Waals surface area contributed by atoms with Gasteiger partial charge in [0.2, 0.25) is 0 Å². The minimum Gasteiger partial charge on any atom is -0.250 e. The zero-order chi connectivity index (χ0) is 18.5. The second kappa shape index (κ2) is 5.98. The molecule has 1 fully saturated rings.